The Morgan fingerprint density at radius 3 is 2.28 bits per heavy atom. The molecule has 3 aromatic carbocycles. The first-order chi connectivity index (χ1) is 16.9. The molecule has 36 heavy (non-hydrogen) atoms. The van der Waals surface area contributed by atoms with E-state index < -0.39 is 23.5 Å². The molecule has 186 valence electrons. The Balaban J connectivity index is 1.94. The van der Waals surface area contributed by atoms with E-state index >= 15 is 0 Å². The fourth-order valence-electron chi connectivity index (χ4n) is 4.18. The molecule has 1 heterocycles. The van der Waals surface area contributed by atoms with Crippen molar-refractivity contribution in [3.05, 3.63) is 98.2 Å². The highest BCUT2D eigenvalue weighted by atomic mass is 79.9. The van der Waals surface area contributed by atoms with Crippen LogP contribution in [0.5, 0.6) is 5.75 Å². The molecule has 3 aromatic rings. The van der Waals surface area contributed by atoms with Crippen molar-refractivity contribution in [1.29, 1.82) is 0 Å². The predicted octanol–water partition coefficient (Wildman–Crippen LogP) is 7.17. The summed E-state index contributed by atoms with van der Waals surface area (Å²) >= 11 is 9.40. The number of aliphatic hydroxyl groups excluding tert-OH is 1. The highest BCUT2D eigenvalue weighted by Gasteiger charge is 2.47. The van der Waals surface area contributed by atoms with Crippen LogP contribution in [0.2, 0.25) is 5.02 Å². The molecule has 0 bridgehead atoms. The summed E-state index contributed by atoms with van der Waals surface area (Å²) in [5.41, 5.74) is 2.04. The molecule has 1 unspecified atom stereocenters. The molecule has 1 saturated heterocycles. The Bertz CT molecular complexity index is 1400. The van der Waals surface area contributed by atoms with Crippen molar-refractivity contribution >= 4 is 50.7 Å². The monoisotopic (exact) mass is 571 g/mol. The van der Waals surface area contributed by atoms with Crippen LogP contribution in [0.25, 0.3) is 5.76 Å². The van der Waals surface area contributed by atoms with Crippen LogP contribution in [-0.4, -0.2) is 23.9 Å². The van der Waals surface area contributed by atoms with Gasteiger partial charge in [-0.25, -0.2) is 4.39 Å². The van der Waals surface area contributed by atoms with Gasteiger partial charge in [-0.05, 0) is 68.9 Å². The number of carbonyl (C=O) groups excluding carboxylic acids is 2. The number of Topliss-reactive ketones (excluding diaryl/α,β-unsaturated/α-hetero) is 1. The summed E-state index contributed by atoms with van der Waals surface area (Å²) in [6.45, 7) is 6.24. The number of rotatable bonds is 4. The molecule has 1 fully saturated rings. The maximum Gasteiger partial charge on any atom is 0.300 e. The zero-order chi connectivity index (χ0) is 26.4. The molecule has 0 radical (unpaired) electrons. The van der Waals surface area contributed by atoms with Crippen LogP contribution >= 0.6 is 27.5 Å². The van der Waals surface area contributed by atoms with E-state index in [0.717, 1.165) is 11.6 Å². The summed E-state index contributed by atoms with van der Waals surface area (Å²) in [5, 5.41) is 11.1. The van der Waals surface area contributed by atoms with E-state index in [-0.39, 0.29) is 27.5 Å². The molecule has 1 amide bonds. The molecule has 0 spiro atoms. The van der Waals surface area contributed by atoms with Crippen LogP contribution in [-0.2, 0) is 15.0 Å². The van der Waals surface area contributed by atoms with E-state index in [1.54, 1.807) is 18.2 Å². The number of anilines is 1. The molecular formula is C28H24BrClFNO4. The molecular weight excluding hydrogens is 549 g/mol. The minimum absolute atomic E-state index is 0.0824. The smallest absolute Gasteiger partial charge is 0.300 e. The van der Waals surface area contributed by atoms with Crippen LogP contribution in [0.1, 0.15) is 43.5 Å². The Morgan fingerprint density at radius 2 is 1.72 bits per heavy atom. The third kappa shape index (κ3) is 4.65. The highest BCUT2D eigenvalue weighted by molar-refractivity contribution is 9.10. The number of ether oxygens (including phenoxy) is 1. The van der Waals surface area contributed by atoms with Crippen molar-refractivity contribution in [2.75, 3.05) is 12.0 Å². The first-order valence-corrected chi connectivity index (χ1v) is 12.3. The van der Waals surface area contributed by atoms with Crippen LogP contribution in [0.15, 0.2) is 70.7 Å². The van der Waals surface area contributed by atoms with Gasteiger partial charge >= 0.3 is 0 Å². The maximum atomic E-state index is 13.9. The topological polar surface area (TPSA) is 66.8 Å². The average Bonchev–Trinajstić information content (AvgIpc) is 3.10. The second kappa shape index (κ2) is 9.71. The van der Waals surface area contributed by atoms with E-state index in [2.05, 4.69) is 36.7 Å². The quantitative estimate of drug-likeness (QED) is 0.204. The Kier molecular flexibility index (Phi) is 6.99. The van der Waals surface area contributed by atoms with E-state index in [1.807, 2.05) is 24.3 Å². The number of hydrogen-bond donors (Lipinski definition) is 1. The van der Waals surface area contributed by atoms with Crippen LogP contribution in [0, 0.1) is 5.82 Å². The fourth-order valence-corrected chi connectivity index (χ4v) is 4.90. The number of ketones is 1. The van der Waals surface area contributed by atoms with Gasteiger partial charge in [-0.15, -0.1) is 0 Å². The number of aliphatic hydroxyl groups is 1. The van der Waals surface area contributed by atoms with Gasteiger partial charge in [0.1, 0.15) is 17.3 Å². The van der Waals surface area contributed by atoms with Crippen molar-refractivity contribution in [3.8, 4) is 5.75 Å². The van der Waals surface area contributed by atoms with Crippen molar-refractivity contribution < 1.29 is 23.8 Å². The van der Waals surface area contributed by atoms with E-state index in [0.29, 0.717) is 21.3 Å². The second-order valence-corrected chi connectivity index (χ2v) is 10.8. The van der Waals surface area contributed by atoms with E-state index in [4.69, 9.17) is 16.3 Å². The number of methoxy groups -OCH3 is 1. The minimum atomic E-state index is -0.957. The number of halogens is 3. The van der Waals surface area contributed by atoms with E-state index in [9.17, 15) is 19.1 Å². The van der Waals surface area contributed by atoms with Crippen molar-refractivity contribution in [1.82, 2.24) is 0 Å². The predicted molar refractivity (Wildman–Crippen MR) is 142 cm³/mol. The summed E-state index contributed by atoms with van der Waals surface area (Å²) in [6.07, 6.45) is 0. The molecule has 0 aromatic heterocycles. The molecule has 8 heteroatoms. The lowest BCUT2D eigenvalue weighted by Crippen LogP contribution is -2.29. The zero-order valence-corrected chi connectivity index (χ0v) is 22.4. The Labute approximate surface area is 222 Å². The summed E-state index contributed by atoms with van der Waals surface area (Å²) in [4.78, 5) is 27.9. The van der Waals surface area contributed by atoms with Gasteiger partial charge < -0.3 is 9.84 Å². The van der Waals surface area contributed by atoms with Gasteiger partial charge in [0, 0.05) is 11.3 Å². The highest BCUT2D eigenvalue weighted by Crippen LogP contribution is 2.43. The number of hydrogen-bond acceptors (Lipinski definition) is 4. The molecule has 1 atom stereocenters. The second-order valence-electron chi connectivity index (χ2n) is 9.49. The van der Waals surface area contributed by atoms with Gasteiger partial charge in [-0.2, -0.15) is 0 Å². The Morgan fingerprint density at radius 1 is 1.06 bits per heavy atom. The summed E-state index contributed by atoms with van der Waals surface area (Å²) < 4.78 is 19.7. The summed E-state index contributed by atoms with van der Waals surface area (Å²) in [7, 11) is 1.51. The molecule has 1 aliphatic heterocycles. The Hall–Kier alpha value is -3.16. The van der Waals surface area contributed by atoms with Gasteiger partial charge in [-0.3, -0.25) is 14.5 Å². The van der Waals surface area contributed by atoms with Gasteiger partial charge in [0.2, 0.25) is 0 Å². The first kappa shape index (κ1) is 25.9. The number of nitrogens with zero attached hydrogens (tertiary/aromatic N) is 1. The summed E-state index contributed by atoms with van der Waals surface area (Å²) in [6, 6.07) is 15.2. The fraction of sp³-hybridized carbons (Fsp3) is 0.214. The number of benzene rings is 3. The molecule has 1 N–H and O–H groups in total. The summed E-state index contributed by atoms with van der Waals surface area (Å²) in [5.74, 6) is -2.15. The van der Waals surface area contributed by atoms with Crippen molar-refractivity contribution in [2.45, 2.75) is 32.2 Å². The van der Waals surface area contributed by atoms with Crippen LogP contribution in [0.4, 0.5) is 10.1 Å². The molecule has 0 saturated carbocycles. The zero-order valence-electron chi connectivity index (χ0n) is 20.1. The lowest BCUT2D eigenvalue weighted by Gasteiger charge is -2.27. The lowest BCUT2D eigenvalue weighted by molar-refractivity contribution is -0.132. The standard InChI is InChI=1S/C28H24BrClFNO4/c1-28(2,3)17-8-5-15(6-9-17)24-23(25(33)16-7-12-22(36-4)19(29)13-16)26(34)27(35)32(24)18-10-11-21(31)20(30)14-18/h5-14,24,33H,1-4H3/b25-23+. The van der Waals surface area contributed by atoms with Gasteiger partial charge in [0.15, 0.2) is 0 Å². The number of amides is 1. The van der Waals surface area contributed by atoms with Gasteiger partial charge in [0.25, 0.3) is 11.7 Å². The lowest BCUT2D eigenvalue weighted by atomic mass is 9.85. The largest absolute Gasteiger partial charge is 0.507 e. The molecule has 5 nitrogen and oxygen atoms in total. The third-order valence-corrected chi connectivity index (χ3v) is 7.05. The molecule has 4 rings (SSSR count). The SMILES string of the molecule is COc1ccc(/C(O)=C2\C(=O)C(=O)N(c3ccc(F)c(Cl)c3)C2c2ccc(C(C)(C)C)cc2)cc1Br. The van der Waals surface area contributed by atoms with Crippen LogP contribution in [0.3, 0.4) is 0 Å². The number of carbonyl (C=O) groups is 2. The van der Waals surface area contributed by atoms with Crippen molar-refractivity contribution in [3.63, 3.8) is 0 Å². The van der Waals surface area contributed by atoms with Gasteiger partial charge in [0.05, 0.1) is 28.2 Å². The normalized spacial score (nSPS) is 17.5. The van der Waals surface area contributed by atoms with Crippen LogP contribution < -0.4 is 9.64 Å². The molecule has 0 aliphatic carbocycles. The first-order valence-electron chi connectivity index (χ1n) is 11.1. The van der Waals surface area contributed by atoms with Gasteiger partial charge in [-0.1, -0.05) is 56.6 Å². The van der Waals surface area contributed by atoms with Crippen molar-refractivity contribution in [2.24, 2.45) is 0 Å². The minimum Gasteiger partial charge on any atom is -0.507 e. The molecule has 1 aliphatic rings. The maximum absolute atomic E-state index is 13.9. The average molecular weight is 573 g/mol. The third-order valence-electron chi connectivity index (χ3n) is 6.14. The van der Waals surface area contributed by atoms with E-state index in [1.165, 1.54) is 24.1 Å².